The molecule has 4 heteroatoms. The summed E-state index contributed by atoms with van der Waals surface area (Å²) < 4.78 is 22.7. The van der Waals surface area contributed by atoms with Gasteiger partial charge in [-0.05, 0) is 18.6 Å². The molecule has 1 aromatic carbocycles. The molecular weight excluding hydrogens is 195 g/mol. The van der Waals surface area contributed by atoms with Crippen LogP contribution in [0.25, 0.3) is 0 Å². The highest BCUT2D eigenvalue weighted by Crippen LogP contribution is 2.25. The standard InChI is InChI=1S/C9H10ClFO2/c1-6-3-7(10)8(11)4-9(6)13-5-12-2/h3-4H,5H2,1-2H3. The highest BCUT2D eigenvalue weighted by molar-refractivity contribution is 6.30. The molecule has 0 aromatic heterocycles. The second kappa shape index (κ2) is 4.44. The summed E-state index contributed by atoms with van der Waals surface area (Å²) in [5.74, 6) is -0.0397. The van der Waals surface area contributed by atoms with Crippen LogP contribution in [0.15, 0.2) is 12.1 Å². The number of ether oxygens (including phenoxy) is 2. The highest BCUT2D eigenvalue weighted by atomic mass is 35.5. The van der Waals surface area contributed by atoms with E-state index < -0.39 is 5.82 Å². The summed E-state index contributed by atoms with van der Waals surface area (Å²) >= 11 is 5.56. The first-order valence-corrected chi connectivity index (χ1v) is 4.10. The van der Waals surface area contributed by atoms with E-state index in [2.05, 4.69) is 0 Å². The third kappa shape index (κ3) is 2.57. The van der Waals surface area contributed by atoms with Gasteiger partial charge < -0.3 is 9.47 Å². The molecule has 1 rings (SSSR count). The zero-order valence-corrected chi connectivity index (χ0v) is 8.19. The molecule has 0 bridgehead atoms. The number of aryl methyl sites for hydroxylation is 1. The third-order valence-corrected chi connectivity index (χ3v) is 1.84. The fraction of sp³-hybridized carbons (Fsp3) is 0.333. The number of halogens is 2. The fourth-order valence-electron chi connectivity index (χ4n) is 0.906. The van der Waals surface area contributed by atoms with Crippen LogP contribution in [0, 0.1) is 12.7 Å². The fourth-order valence-corrected chi connectivity index (χ4v) is 1.12. The third-order valence-electron chi connectivity index (χ3n) is 1.55. The topological polar surface area (TPSA) is 18.5 Å². The average molecular weight is 205 g/mol. The van der Waals surface area contributed by atoms with Gasteiger partial charge in [-0.1, -0.05) is 11.6 Å². The Kier molecular flexibility index (Phi) is 3.51. The van der Waals surface area contributed by atoms with Gasteiger partial charge in [-0.3, -0.25) is 0 Å². The Balaban J connectivity index is 2.88. The summed E-state index contributed by atoms with van der Waals surface area (Å²) in [6, 6.07) is 2.76. The predicted molar refractivity (Wildman–Crippen MR) is 48.7 cm³/mol. The molecule has 0 amide bonds. The average Bonchev–Trinajstić information content (AvgIpc) is 2.09. The Morgan fingerprint density at radius 2 is 2.15 bits per heavy atom. The van der Waals surface area contributed by atoms with E-state index in [4.69, 9.17) is 21.1 Å². The van der Waals surface area contributed by atoms with Crippen LogP contribution < -0.4 is 4.74 Å². The van der Waals surface area contributed by atoms with Gasteiger partial charge in [-0.2, -0.15) is 0 Å². The van der Waals surface area contributed by atoms with Gasteiger partial charge in [0.15, 0.2) is 6.79 Å². The smallest absolute Gasteiger partial charge is 0.188 e. The van der Waals surface area contributed by atoms with Gasteiger partial charge in [0.05, 0.1) is 5.02 Å². The van der Waals surface area contributed by atoms with Crippen molar-refractivity contribution in [2.45, 2.75) is 6.92 Å². The first-order valence-electron chi connectivity index (χ1n) is 3.72. The normalized spacial score (nSPS) is 10.2. The van der Waals surface area contributed by atoms with Crippen molar-refractivity contribution in [3.63, 3.8) is 0 Å². The molecule has 0 saturated carbocycles. The van der Waals surface area contributed by atoms with E-state index in [0.29, 0.717) is 5.75 Å². The lowest BCUT2D eigenvalue weighted by molar-refractivity contribution is 0.0504. The zero-order valence-electron chi connectivity index (χ0n) is 7.43. The molecule has 0 aliphatic rings. The molecule has 2 nitrogen and oxygen atoms in total. The summed E-state index contributed by atoms with van der Waals surface area (Å²) in [5.41, 5.74) is 0.781. The molecule has 13 heavy (non-hydrogen) atoms. The highest BCUT2D eigenvalue weighted by Gasteiger charge is 2.05. The van der Waals surface area contributed by atoms with Gasteiger partial charge in [0.1, 0.15) is 11.6 Å². The number of rotatable bonds is 3. The van der Waals surface area contributed by atoms with Crippen molar-refractivity contribution in [3.05, 3.63) is 28.5 Å². The van der Waals surface area contributed by atoms with E-state index in [1.807, 2.05) is 0 Å². The van der Waals surface area contributed by atoms with Crippen molar-refractivity contribution in [1.29, 1.82) is 0 Å². The quantitative estimate of drug-likeness (QED) is 0.705. The number of methoxy groups -OCH3 is 1. The lowest BCUT2D eigenvalue weighted by atomic mass is 10.2. The van der Waals surface area contributed by atoms with Crippen molar-refractivity contribution in [2.75, 3.05) is 13.9 Å². The van der Waals surface area contributed by atoms with E-state index in [0.717, 1.165) is 5.56 Å². The summed E-state index contributed by atoms with van der Waals surface area (Å²) in [6.45, 7) is 1.89. The summed E-state index contributed by atoms with van der Waals surface area (Å²) in [6.07, 6.45) is 0. The summed E-state index contributed by atoms with van der Waals surface area (Å²) in [4.78, 5) is 0. The predicted octanol–water partition coefficient (Wildman–Crippen LogP) is 2.77. The Labute approximate surface area is 81.2 Å². The maximum absolute atomic E-state index is 12.9. The van der Waals surface area contributed by atoms with E-state index in [1.54, 1.807) is 6.92 Å². The van der Waals surface area contributed by atoms with Crippen molar-refractivity contribution >= 4 is 11.6 Å². The van der Waals surface area contributed by atoms with E-state index in [-0.39, 0.29) is 11.8 Å². The lowest BCUT2D eigenvalue weighted by Crippen LogP contribution is -2.00. The molecule has 72 valence electrons. The van der Waals surface area contributed by atoms with Crippen molar-refractivity contribution in [1.82, 2.24) is 0 Å². The first kappa shape index (κ1) is 10.3. The summed E-state index contributed by atoms with van der Waals surface area (Å²) in [5, 5.41) is 0.0993. The van der Waals surface area contributed by atoms with Gasteiger partial charge in [-0.15, -0.1) is 0 Å². The van der Waals surface area contributed by atoms with Crippen LogP contribution in [0.1, 0.15) is 5.56 Å². The minimum absolute atomic E-state index is 0.0991. The minimum atomic E-state index is -0.488. The molecule has 1 aromatic rings. The maximum Gasteiger partial charge on any atom is 0.188 e. The Morgan fingerprint density at radius 1 is 1.46 bits per heavy atom. The minimum Gasteiger partial charge on any atom is -0.467 e. The lowest BCUT2D eigenvalue weighted by Gasteiger charge is -2.08. The molecule has 0 radical (unpaired) electrons. The molecular formula is C9H10ClFO2. The van der Waals surface area contributed by atoms with Crippen LogP contribution in [0.5, 0.6) is 5.75 Å². The molecule has 0 saturated heterocycles. The molecule has 0 spiro atoms. The number of benzene rings is 1. The molecule has 0 aliphatic carbocycles. The van der Waals surface area contributed by atoms with Crippen LogP contribution in [-0.2, 0) is 4.74 Å². The Bertz CT molecular complexity index is 302. The molecule has 0 heterocycles. The van der Waals surface area contributed by atoms with Crippen LogP contribution in [-0.4, -0.2) is 13.9 Å². The second-order valence-corrected chi connectivity index (χ2v) is 2.99. The molecule has 0 unspecified atom stereocenters. The molecule has 0 fully saturated rings. The van der Waals surface area contributed by atoms with Crippen LogP contribution in [0.4, 0.5) is 4.39 Å². The maximum atomic E-state index is 12.9. The molecule has 0 N–H and O–H groups in total. The van der Waals surface area contributed by atoms with Crippen molar-refractivity contribution < 1.29 is 13.9 Å². The van der Waals surface area contributed by atoms with Crippen LogP contribution in [0.2, 0.25) is 5.02 Å². The van der Waals surface area contributed by atoms with Crippen LogP contribution >= 0.6 is 11.6 Å². The van der Waals surface area contributed by atoms with Crippen LogP contribution in [0.3, 0.4) is 0 Å². The van der Waals surface area contributed by atoms with Crippen molar-refractivity contribution in [2.24, 2.45) is 0 Å². The van der Waals surface area contributed by atoms with E-state index >= 15 is 0 Å². The largest absolute Gasteiger partial charge is 0.467 e. The van der Waals surface area contributed by atoms with E-state index in [1.165, 1.54) is 19.2 Å². The Hall–Kier alpha value is -0.800. The molecule has 0 aliphatic heterocycles. The first-order chi connectivity index (χ1) is 6.15. The monoisotopic (exact) mass is 204 g/mol. The van der Waals surface area contributed by atoms with E-state index in [9.17, 15) is 4.39 Å². The zero-order chi connectivity index (χ0) is 9.84. The van der Waals surface area contributed by atoms with Gasteiger partial charge in [0, 0.05) is 13.2 Å². The SMILES string of the molecule is COCOc1cc(F)c(Cl)cc1C. The van der Waals surface area contributed by atoms with Crippen molar-refractivity contribution in [3.8, 4) is 5.75 Å². The van der Waals surface area contributed by atoms with Gasteiger partial charge in [0.25, 0.3) is 0 Å². The molecule has 0 atom stereocenters. The van der Waals surface area contributed by atoms with Gasteiger partial charge >= 0.3 is 0 Å². The summed E-state index contributed by atoms with van der Waals surface area (Å²) in [7, 11) is 1.50. The Morgan fingerprint density at radius 3 is 2.77 bits per heavy atom. The number of hydrogen-bond acceptors (Lipinski definition) is 2. The second-order valence-electron chi connectivity index (χ2n) is 2.58. The van der Waals surface area contributed by atoms with Gasteiger partial charge in [0.2, 0.25) is 0 Å². The van der Waals surface area contributed by atoms with Gasteiger partial charge in [-0.25, -0.2) is 4.39 Å². The number of hydrogen-bond donors (Lipinski definition) is 0.